The first-order valence-corrected chi connectivity index (χ1v) is 46.2. The molecule has 7 aliphatic heterocycles. The summed E-state index contributed by atoms with van der Waals surface area (Å²) < 4.78 is 108. The van der Waals surface area contributed by atoms with Crippen molar-refractivity contribution in [2.24, 2.45) is 0 Å². The molecule has 0 spiro atoms. The molecule has 19 rings (SSSR count). The number of halogens is 7. The average Bonchev–Trinajstić information content (AvgIpc) is 1.63. The minimum Gasteiger partial charge on any atom is -0.497 e. The van der Waals surface area contributed by atoms with Crippen molar-refractivity contribution >= 4 is 64.4 Å². The lowest BCUT2D eigenvalue weighted by atomic mass is 9.96. The highest BCUT2D eigenvalue weighted by atomic mass is 35.5. The number of piperidine rings is 4. The molecule has 12 aromatic rings. The summed E-state index contributed by atoms with van der Waals surface area (Å²) in [7, 11) is 6.21. The van der Waals surface area contributed by atoms with Crippen LogP contribution in [0.4, 0.5) is 37.7 Å². The maximum atomic E-state index is 14.9. The van der Waals surface area contributed by atoms with Crippen molar-refractivity contribution < 1.29 is 84.0 Å². The second-order valence-corrected chi connectivity index (χ2v) is 34.5. The van der Waals surface area contributed by atoms with Crippen molar-refractivity contribution in [2.45, 2.75) is 123 Å². The summed E-state index contributed by atoms with van der Waals surface area (Å²) in [4.78, 5) is 109. The highest BCUT2D eigenvalue weighted by Crippen LogP contribution is 2.40. The maximum absolute atomic E-state index is 14.9. The standard InChI is InChI=1S/C35H33F2N3O4.C26H23F2N3O2.C22H17ClF2N2O3.C12H16N2O.C7H7NO2.C5H11N/c1-43-26-14-13-24(31(19-26)44-2)20-40-21-30-32(35(40)42)25(18-29(38-30)33-27(36)7-6-8-28(33)37)17-22-9-11-23(12-10-22)34(41)39-15-4-3-5-16-39;27-19-5-4-6-20(28)24(19)21-14-18(23-22(30-21)15-29-25(23)32)13-16-7-9-17(10-8-16)26(33)31-11-2-1-3-12-31;1-29-13-7-6-12(19(8-13)30-2)10-27-11-18-20(22(27)28)14(23)9-17(26-18)21-15(24)4-3-5-16(21)25;13-11-6-4-10(5-7-11)12(15)14-8-2-1-3-9-14;8-6-3-1-5(2-4-6)7(9)10;1-2-4-6-5-3-1/h6-14,18-19H,3-5,15-17,20-21H2,1-2H3;4-10,14H,1-3,11-13,15H2,(H,29,32);3-9H,10-11H2,1-2H3;4-7H,1-3,8-9,13H2;1-4H,8H2,(H,9,10);6H,1-5H2. The van der Waals surface area contributed by atoms with Crippen LogP contribution in [0.5, 0.6) is 23.0 Å². The normalized spacial score (nSPS) is 14.6. The van der Waals surface area contributed by atoms with E-state index in [1.165, 1.54) is 107 Å². The Labute approximate surface area is 801 Å². The molecule has 4 fully saturated rings. The van der Waals surface area contributed by atoms with Crippen LogP contribution >= 0.6 is 11.6 Å². The van der Waals surface area contributed by atoms with E-state index < -0.39 is 40.9 Å². The number of nitrogens with two attached hydrogens (primary N) is 2. The van der Waals surface area contributed by atoms with Gasteiger partial charge in [0.1, 0.15) is 57.9 Å². The van der Waals surface area contributed by atoms with Gasteiger partial charge in [-0.1, -0.05) is 60.5 Å². The Bertz CT molecular complexity index is 6350. The quantitative estimate of drug-likeness (QED) is 0.0371. The number of aromatic nitrogens is 3. The van der Waals surface area contributed by atoms with Crippen molar-refractivity contribution in [3.8, 4) is 56.8 Å². The lowest BCUT2D eigenvalue weighted by molar-refractivity contribution is 0.0691. The molecule has 716 valence electrons. The van der Waals surface area contributed by atoms with E-state index in [9.17, 15) is 59.9 Å². The van der Waals surface area contributed by atoms with E-state index in [1.54, 1.807) is 128 Å². The van der Waals surface area contributed by atoms with Gasteiger partial charge in [0, 0.05) is 90.6 Å². The lowest BCUT2D eigenvalue weighted by Gasteiger charge is -2.26. The SMILES string of the molecule is C1CCNCC1.COc1ccc(CN2Cc3nc(-c4c(F)cccc4F)cc(Cc4ccc(C(=O)N5CCCCC5)cc4)c3C2=O)c(OC)c1.COc1ccc(CN2Cc3nc(-c4c(F)cccc4F)cc(Cl)c3C2=O)c(OC)c1.Nc1ccc(C(=O)N2CCCCC2)cc1.Nc1ccc(C(=O)O)cc1.O=C1NCc2nc(-c3c(F)cccc3F)cc(Cc3ccc(C(=O)N4CCCCC4)cc3)c21. The third-order valence-electron chi connectivity index (χ3n) is 24.7. The first-order valence-electron chi connectivity index (χ1n) is 45.8. The topological polar surface area (TPSA) is 308 Å². The molecule has 0 aliphatic carbocycles. The summed E-state index contributed by atoms with van der Waals surface area (Å²) in [5.74, 6) is -3.47. The molecule has 3 aromatic heterocycles. The molecule has 0 unspecified atom stereocenters. The zero-order valence-corrected chi connectivity index (χ0v) is 77.8. The Kier molecular flexibility index (Phi) is 33.6. The number of nitrogens with one attached hydrogen (secondary N) is 2. The number of hydrogen-bond donors (Lipinski definition) is 5. The van der Waals surface area contributed by atoms with Crippen molar-refractivity contribution in [3.05, 3.63) is 336 Å². The number of likely N-dealkylation sites (tertiary alicyclic amines) is 3. The molecule has 0 bridgehead atoms. The van der Waals surface area contributed by atoms with Crippen molar-refractivity contribution in [3.63, 3.8) is 0 Å². The molecule has 10 heterocycles. The van der Waals surface area contributed by atoms with Crippen LogP contribution in [-0.4, -0.2) is 167 Å². The van der Waals surface area contributed by atoms with E-state index in [2.05, 4.69) is 25.6 Å². The summed E-state index contributed by atoms with van der Waals surface area (Å²) >= 11 is 6.32. The van der Waals surface area contributed by atoms with Crippen LogP contribution in [0.2, 0.25) is 5.02 Å². The second kappa shape index (κ2) is 46.7. The Balaban J connectivity index is 0.000000144. The van der Waals surface area contributed by atoms with Gasteiger partial charge in [-0.05, 0) is 270 Å². The van der Waals surface area contributed by atoms with Gasteiger partial charge in [0.25, 0.3) is 35.4 Å². The Morgan fingerprint density at radius 3 is 1.08 bits per heavy atom. The van der Waals surface area contributed by atoms with E-state index in [0.29, 0.717) is 97.7 Å². The largest absolute Gasteiger partial charge is 0.497 e. The zero-order valence-electron chi connectivity index (χ0n) is 77.0. The number of aromatic carboxylic acids is 1. The Morgan fingerprint density at radius 1 is 0.384 bits per heavy atom. The number of nitrogens with zero attached hydrogens (tertiary/aromatic N) is 8. The summed E-state index contributed by atoms with van der Waals surface area (Å²) in [6.45, 7) is 8.43. The molecule has 31 heteroatoms. The number of anilines is 2. The van der Waals surface area contributed by atoms with Crippen LogP contribution in [0.3, 0.4) is 0 Å². The van der Waals surface area contributed by atoms with Gasteiger partial charge >= 0.3 is 5.97 Å². The molecule has 138 heavy (non-hydrogen) atoms. The minimum absolute atomic E-state index is 0.0122. The number of fused-ring (bicyclic) bond motifs is 3. The predicted octanol–water partition coefficient (Wildman–Crippen LogP) is 19.4. The number of carbonyl (C=O) groups is 7. The first-order chi connectivity index (χ1) is 66.8. The van der Waals surface area contributed by atoms with Crippen LogP contribution in [0.25, 0.3) is 33.8 Å². The lowest BCUT2D eigenvalue weighted by Crippen LogP contribution is -2.35. The number of rotatable bonds is 19. The van der Waals surface area contributed by atoms with Crippen LogP contribution < -0.4 is 41.0 Å². The van der Waals surface area contributed by atoms with E-state index in [0.717, 1.165) is 131 Å². The van der Waals surface area contributed by atoms with Gasteiger partial charge in [0.05, 0.1) is 139 Å². The molecular formula is C107H107ClF6N12O12. The van der Waals surface area contributed by atoms with Gasteiger partial charge in [-0.3, -0.25) is 28.8 Å². The molecule has 24 nitrogen and oxygen atoms in total. The molecule has 6 amide bonds. The van der Waals surface area contributed by atoms with Crippen LogP contribution in [-0.2, 0) is 45.6 Å². The number of carboxylic acids is 1. The van der Waals surface area contributed by atoms with Gasteiger partial charge in [-0.25, -0.2) is 46.1 Å². The number of pyridine rings is 3. The number of hydrogen-bond acceptors (Lipinski definition) is 17. The maximum Gasteiger partial charge on any atom is 0.335 e. The number of ether oxygens (including phenoxy) is 4. The molecule has 0 atom stereocenters. The van der Waals surface area contributed by atoms with Crippen LogP contribution in [0.1, 0.15) is 200 Å². The molecule has 0 radical (unpaired) electrons. The molecule has 4 saturated heterocycles. The Morgan fingerprint density at radius 2 is 0.725 bits per heavy atom. The molecule has 0 saturated carbocycles. The number of carboxylic acid groups (broad SMARTS) is 1. The molecule has 7 aliphatic rings. The van der Waals surface area contributed by atoms with Gasteiger partial charge < -0.3 is 70.7 Å². The number of nitrogen functional groups attached to an aromatic ring is 2. The monoisotopic (exact) mass is 1900 g/mol. The van der Waals surface area contributed by atoms with E-state index in [-0.39, 0.29) is 118 Å². The van der Waals surface area contributed by atoms with Crippen LogP contribution in [0, 0.1) is 34.9 Å². The average molecular weight is 1900 g/mol. The number of methoxy groups -OCH3 is 4. The fourth-order valence-corrected chi connectivity index (χ4v) is 17.7. The van der Waals surface area contributed by atoms with Crippen LogP contribution in [0.15, 0.2) is 206 Å². The summed E-state index contributed by atoms with van der Waals surface area (Å²) in [6.07, 6.45) is 14.8. The van der Waals surface area contributed by atoms with E-state index in [1.807, 2.05) is 51.1 Å². The summed E-state index contributed by atoms with van der Waals surface area (Å²) in [5.41, 5.74) is 21.0. The van der Waals surface area contributed by atoms with Crippen molar-refractivity contribution in [1.82, 2.24) is 50.1 Å². The second-order valence-electron chi connectivity index (χ2n) is 34.1. The minimum atomic E-state index is -0.931. The number of benzene rings is 9. The highest BCUT2D eigenvalue weighted by Gasteiger charge is 2.37. The first kappa shape index (κ1) is 99.3. The molecule has 7 N–H and O–H groups in total. The van der Waals surface area contributed by atoms with E-state index >= 15 is 0 Å². The van der Waals surface area contributed by atoms with E-state index in [4.69, 9.17) is 47.1 Å². The van der Waals surface area contributed by atoms with Gasteiger partial charge in [0.15, 0.2) is 0 Å². The third kappa shape index (κ3) is 24.4. The highest BCUT2D eigenvalue weighted by molar-refractivity contribution is 6.34. The van der Waals surface area contributed by atoms with Gasteiger partial charge in [0.2, 0.25) is 0 Å². The molecular weight excluding hydrogens is 1790 g/mol. The van der Waals surface area contributed by atoms with Crippen molar-refractivity contribution in [1.29, 1.82) is 0 Å². The van der Waals surface area contributed by atoms with Crippen molar-refractivity contribution in [2.75, 3.05) is 92.3 Å². The third-order valence-corrected chi connectivity index (χ3v) is 25.0. The fraction of sp³-hybridized carbons (Fsp3) is 0.290. The van der Waals surface area contributed by atoms with Gasteiger partial charge in [-0.15, -0.1) is 0 Å². The molecule has 9 aromatic carbocycles. The number of carbonyl (C=O) groups excluding carboxylic acids is 6. The summed E-state index contributed by atoms with van der Waals surface area (Å²) in [5, 5.41) is 14.6. The van der Waals surface area contributed by atoms with Gasteiger partial charge in [-0.2, -0.15) is 0 Å². The number of amides is 6. The smallest absolute Gasteiger partial charge is 0.335 e. The predicted molar refractivity (Wildman–Crippen MR) is 514 cm³/mol. The Hall–Kier alpha value is -14.7. The summed E-state index contributed by atoms with van der Waals surface area (Å²) in [6, 6.07) is 54.0. The zero-order chi connectivity index (χ0) is 97.6. The fourth-order valence-electron chi connectivity index (χ4n) is 17.5.